The fourth-order valence-electron chi connectivity index (χ4n) is 3.30. The largest absolute Gasteiger partial charge is 0.488 e. The molecule has 0 fully saturated rings. The molecule has 0 radical (unpaired) electrons. The molecule has 0 atom stereocenters. The number of rotatable bonds is 8. The highest BCUT2D eigenvalue weighted by atomic mass is 32.1. The fraction of sp³-hybridized carbons (Fsp3) is 0.381. The molecule has 0 saturated carbocycles. The van der Waals surface area contributed by atoms with Gasteiger partial charge in [0.15, 0.2) is 0 Å². The Hall–Kier alpha value is -2.51. The van der Waals surface area contributed by atoms with Crippen molar-refractivity contribution in [3.05, 3.63) is 47.2 Å². The van der Waals surface area contributed by atoms with Crippen molar-refractivity contribution in [3.63, 3.8) is 0 Å². The molecule has 3 rings (SSSR count). The summed E-state index contributed by atoms with van der Waals surface area (Å²) in [7, 11) is 0. The molecular weight excluding hydrogens is 370 g/mol. The molecule has 0 aliphatic carbocycles. The Morgan fingerprint density at radius 3 is 2.36 bits per heavy atom. The van der Waals surface area contributed by atoms with Gasteiger partial charge in [0, 0.05) is 11.9 Å². The van der Waals surface area contributed by atoms with Gasteiger partial charge in [-0.1, -0.05) is 0 Å². The third-order valence-electron chi connectivity index (χ3n) is 5.08. The molecule has 1 aromatic carbocycles. The molecule has 2 heterocycles. The molecule has 0 unspecified atom stereocenters. The normalized spacial score (nSPS) is 11.6. The van der Waals surface area contributed by atoms with Crippen LogP contribution < -0.4 is 15.0 Å². The number of nitrogen functional groups attached to an aromatic ring is 1. The average molecular weight is 399 g/mol. The van der Waals surface area contributed by atoms with Gasteiger partial charge in [0.05, 0.1) is 34.4 Å². The second kappa shape index (κ2) is 8.67. The number of nitrogens with two attached hydrogens (primary N) is 1. The van der Waals surface area contributed by atoms with Crippen LogP contribution in [0.25, 0.3) is 10.6 Å². The summed E-state index contributed by atoms with van der Waals surface area (Å²) in [6.07, 6.45) is 1.85. The van der Waals surface area contributed by atoms with E-state index in [9.17, 15) is 0 Å². The lowest BCUT2D eigenvalue weighted by atomic mass is 10.3. The maximum absolute atomic E-state index is 5.94. The lowest BCUT2D eigenvalue weighted by Crippen LogP contribution is -2.52. The van der Waals surface area contributed by atoms with Crippen molar-refractivity contribution in [1.29, 1.82) is 0 Å². The topological polar surface area (TPSA) is 73.9 Å². The number of thiazole rings is 1. The molecule has 0 aliphatic rings. The van der Waals surface area contributed by atoms with Crippen LogP contribution in [0, 0.1) is 13.8 Å². The van der Waals surface area contributed by atoms with E-state index >= 15 is 0 Å². The second-order valence-electron chi connectivity index (χ2n) is 6.81. The van der Waals surface area contributed by atoms with Crippen LogP contribution in [0.2, 0.25) is 0 Å². The van der Waals surface area contributed by atoms with Gasteiger partial charge in [0.1, 0.15) is 18.9 Å². The minimum atomic E-state index is 0.581. The zero-order chi connectivity index (χ0) is 20.1. The molecule has 0 amide bonds. The van der Waals surface area contributed by atoms with Crippen LogP contribution in [-0.2, 0) is 0 Å². The first-order valence-electron chi connectivity index (χ1n) is 9.60. The van der Waals surface area contributed by atoms with E-state index < -0.39 is 0 Å². The van der Waals surface area contributed by atoms with E-state index in [2.05, 4.69) is 23.8 Å². The number of hydrogen-bond acceptors (Lipinski definition) is 6. The summed E-state index contributed by atoms with van der Waals surface area (Å²) in [4.78, 5) is 15.2. The Kier molecular flexibility index (Phi) is 6.26. The van der Waals surface area contributed by atoms with E-state index in [-0.39, 0.29) is 0 Å². The monoisotopic (exact) mass is 398 g/mol. The smallest absolute Gasteiger partial charge is 0.329 e. The number of hydrogen-bond donors (Lipinski definition) is 1. The summed E-state index contributed by atoms with van der Waals surface area (Å²) >= 11 is 1.68. The van der Waals surface area contributed by atoms with Crippen LogP contribution in [0.1, 0.15) is 24.5 Å². The van der Waals surface area contributed by atoms with Gasteiger partial charge in [-0.05, 0) is 58.0 Å². The van der Waals surface area contributed by atoms with E-state index in [1.54, 1.807) is 11.3 Å². The van der Waals surface area contributed by atoms with Crippen molar-refractivity contribution in [1.82, 2.24) is 19.4 Å². The number of anilines is 1. The third kappa shape index (κ3) is 4.31. The van der Waals surface area contributed by atoms with Crippen LogP contribution in [0.5, 0.6) is 5.75 Å². The summed E-state index contributed by atoms with van der Waals surface area (Å²) in [5, 5.41) is 1.05. The van der Waals surface area contributed by atoms with Gasteiger partial charge in [-0.15, -0.1) is 11.3 Å². The lowest BCUT2D eigenvalue weighted by Gasteiger charge is -2.33. The summed E-state index contributed by atoms with van der Waals surface area (Å²) < 4.78 is 6.61. The predicted octanol–water partition coefficient (Wildman–Crippen LogP) is 4.23. The quantitative estimate of drug-likeness (QED) is 0.454. The fourth-order valence-corrected chi connectivity index (χ4v) is 4.19. The lowest BCUT2D eigenvalue weighted by molar-refractivity contribution is 0.215. The van der Waals surface area contributed by atoms with Crippen molar-refractivity contribution in [2.75, 3.05) is 32.0 Å². The average Bonchev–Trinajstić information content (AvgIpc) is 3.05. The molecule has 28 heavy (non-hydrogen) atoms. The van der Waals surface area contributed by atoms with Gasteiger partial charge in [0.25, 0.3) is 0 Å². The Labute approximate surface area is 170 Å². The van der Waals surface area contributed by atoms with E-state index in [0.717, 1.165) is 58.3 Å². The molecule has 7 heteroatoms. The summed E-state index contributed by atoms with van der Waals surface area (Å²) in [5.74, 6) is 1.65. The van der Waals surface area contributed by atoms with E-state index in [4.69, 9.17) is 15.5 Å². The van der Waals surface area contributed by atoms with E-state index in [1.807, 2.05) is 50.4 Å². The molecule has 2 aromatic heterocycles. The van der Waals surface area contributed by atoms with Crippen molar-refractivity contribution >= 4 is 23.0 Å². The molecule has 2 N–H and O–H groups in total. The maximum Gasteiger partial charge on any atom is 0.329 e. The Bertz CT molecular complexity index is 919. The number of benzene rings is 1. The maximum atomic E-state index is 5.94. The summed E-state index contributed by atoms with van der Waals surface area (Å²) in [5.41, 5.74) is 8.43. The highest BCUT2D eigenvalue weighted by Crippen LogP contribution is 2.30. The minimum absolute atomic E-state index is 0.581. The molecular formula is C21H28N5OS+. The molecule has 6 nitrogen and oxygen atoms in total. The zero-order valence-corrected chi connectivity index (χ0v) is 17.8. The van der Waals surface area contributed by atoms with Gasteiger partial charge < -0.3 is 10.5 Å². The molecule has 3 aromatic rings. The number of quaternary nitrogens is 1. The molecule has 148 valence electrons. The summed E-state index contributed by atoms with van der Waals surface area (Å²) in [6.45, 7) is 11.6. The molecule has 0 spiro atoms. The molecule has 0 aliphatic heterocycles. The first-order valence-corrected chi connectivity index (χ1v) is 10.4. The van der Waals surface area contributed by atoms with Crippen molar-refractivity contribution in [2.45, 2.75) is 27.7 Å². The van der Waals surface area contributed by atoms with Crippen molar-refractivity contribution in [2.24, 2.45) is 0 Å². The Morgan fingerprint density at radius 2 is 1.75 bits per heavy atom. The highest BCUT2D eigenvalue weighted by molar-refractivity contribution is 7.15. The Morgan fingerprint density at radius 1 is 1.04 bits per heavy atom. The second-order valence-corrected chi connectivity index (χ2v) is 8.01. The number of aryl methyl sites for hydroxylation is 2. The van der Waals surface area contributed by atoms with Gasteiger partial charge in [0.2, 0.25) is 0 Å². The number of aromatic nitrogens is 3. The number of likely N-dealkylation sites (N-methyl/N-ethyl adjacent to an activating group) is 1. The van der Waals surface area contributed by atoms with Gasteiger partial charge >= 0.3 is 5.95 Å². The first kappa shape index (κ1) is 20.2. The molecule has 0 bridgehead atoms. The minimum Gasteiger partial charge on any atom is -0.488 e. The zero-order valence-electron chi connectivity index (χ0n) is 17.0. The highest BCUT2D eigenvalue weighted by Gasteiger charge is 2.30. The third-order valence-corrected chi connectivity index (χ3v) is 6.18. The van der Waals surface area contributed by atoms with Gasteiger partial charge in [-0.3, -0.25) is 4.48 Å². The van der Waals surface area contributed by atoms with Crippen LogP contribution in [-0.4, -0.2) is 41.2 Å². The standard InChI is InChI=1S/C21H28N5OS/c1-5-26(6-2,13-14-27-18-9-7-17(22)8-10-18)21-23-12-11-19(25-21)20-15(3)24-16(4)28-20/h7-12H,5-6,13-14,22H2,1-4H3/q+1. The van der Waals surface area contributed by atoms with Crippen molar-refractivity contribution in [3.8, 4) is 16.3 Å². The number of nitrogens with zero attached hydrogens (tertiary/aromatic N) is 4. The van der Waals surface area contributed by atoms with E-state index in [0.29, 0.717) is 11.1 Å². The van der Waals surface area contributed by atoms with Crippen LogP contribution in [0.4, 0.5) is 11.6 Å². The van der Waals surface area contributed by atoms with E-state index in [1.165, 1.54) is 0 Å². The Balaban J connectivity index is 1.81. The SMILES string of the molecule is CC[N+](CC)(CCOc1ccc(N)cc1)c1nccc(-c2sc(C)nc2C)n1. The van der Waals surface area contributed by atoms with Crippen molar-refractivity contribution < 1.29 is 4.74 Å². The predicted molar refractivity (Wildman–Crippen MR) is 117 cm³/mol. The summed E-state index contributed by atoms with van der Waals surface area (Å²) in [6, 6.07) is 9.46. The number of ether oxygens (including phenoxy) is 1. The van der Waals surface area contributed by atoms with Crippen LogP contribution in [0.15, 0.2) is 36.5 Å². The first-order chi connectivity index (χ1) is 13.5. The van der Waals surface area contributed by atoms with Crippen LogP contribution in [0.3, 0.4) is 0 Å². The van der Waals surface area contributed by atoms with Crippen LogP contribution >= 0.6 is 11.3 Å². The van der Waals surface area contributed by atoms with Gasteiger partial charge in [-0.2, -0.15) is 9.97 Å². The van der Waals surface area contributed by atoms with Gasteiger partial charge in [-0.25, -0.2) is 4.98 Å². The molecule has 0 saturated heterocycles.